The van der Waals surface area contributed by atoms with Gasteiger partial charge < -0.3 is 20.5 Å². The second kappa shape index (κ2) is 9.19. The largest absolute Gasteiger partial charge is 0.465 e. The molecule has 25 heavy (non-hydrogen) atoms. The van der Waals surface area contributed by atoms with Gasteiger partial charge in [-0.05, 0) is 32.3 Å². The van der Waals surface area contributed by atoms with Crippen molar-refractivity contribution < 1.29 is 28.2 Å². The van der Waals surface area contributed by atoms with Gasteiger partial charge in [0, 0.05) is 6.54 Å². The number of hydrogen-bond acceptors (Lipinski definition) is 3. The van der Waals surface area contributed by atoms with Crippen molar-refractivity contribution in [2.24, 2.45) is 0 Å². The van der Waals surface area contributed by atoms with Crippen molar-refractivity contribution in [1.82, 2.24) is 10.6 Å². The van der Waals surface area contributed by atoms with E-state index in [0.29, 0.717) is 12.8 Å². The molecule has 0 aliphatic rings. The number of aryl methyl sites for hydroxylation is 1. The van der Waals surface area contributed by atoms with Crippen LogP contribution >= 0.6 is 0 Å². The number of ether oxygens (including phenoxy) is 1. The highest BCUT2D eigenvalue weighted by molar-refractivity contribution is 5.69. The molecule has 8 heteroatoms. The summed E-state index contributed by atoms with van der Waals surface area (Å²) >= 11 is 0. The van der Waals surface area contributed by atoms with E-state index >= 15 is 0 Å². The van der Waals surface area contributed by atoms with Gasteiger partial charge in [-0.25, -0.2) is 18.4 Å². The molecule has 1 aromatic rings. The molecule has 0 saturated heterocycles. The molecule has 3 N–H and O–H groups in total. The lowest BCUT2D eigenvalue weighted by Crippen LogP contribution is -2.59. The van der Waals surface area contributed by atoms with Crippen molar-refractivity contribution in [2.75, 3.05) is 19.9 Å². The molecule has 0 atom stereocenters. The average molecular weight is 358 g/mol. The second-order valence-electron chi connectivity index (χ2n) is 6.47. The fourth-order valence-electron chi connectivity index (χ4n) is 2.14. The predicted molar refractivity (Wildman–Crippen MR) is 89.2 cm³/mol. The fraction of sp³-hybridized carbons (Fsp3) is 0.529. The van der Waals surface area contributed by atoms with E-state index in [2.05, 4.69) is 5.32 Å². The first kappa shape index (κ1) is 20.7. The van der Waals surface area contributed by atoms with Gasteiger partial charge in [0.15, 0.2) is 0 Å². The minimum absolute atomic E-state index is 0.551. The lowest BCUT2D eigenvalue weighted by Gasteiger charge is -2.29. The first-order valence-electron chi connectivity index (χ1n) is 7.86. The Morgan fingerprint density at radius 3 is 2.28 bits per heavy atom. The van der Waals surface area contributed by atoms with Crippen LogP contribution in [0.3, 0.4) is 0 Å². The molecule has 0 aliphatic heterocycles. The normalized spacial score (nSPS) is 11.7. The zero-order valence-electron chi connectivity index (χ0n) is 14.4. The van der Waals surface area contributed by atoms with Crippen molar-refractivity contribution in [3.8, 4) is 0 Å². The van der Waals surface area contributed by atoms with Crippen LogP contribution in [-0.2, 0) is 11.2 Å². The molecule has 0 aromatic heterocycles. The molecular weight excluding hydrogens is 334 g/mol. The molecule has 140 valence electrons. The number of rotatable bonds is 9. The van der Waals surface area contributed by atoms with E-state index in [1.54, 1.807) is 19.2 Å². The van der Waals surface area contributed by atoms with E-state index in [1.165, 1.54) is 0 Å². The van der Waals surface area contributed by atoms with Gasteiger partial charge in [0.05, 0.1) is 0 Å². The number of amides is 2. The highest BCUT2D eigenvalue weighted by Gasteiger charge is 2.34. The second-order valence-corrected chi connectivity index (χ2v) is 6.47. The average Bonchev–Trinajstić information content (AvgIpc) is 2.57. The van der Waals surface area contributed by atoms with Crippen LogP contribution in [0.5, 0.6) is 0 Å². The molecule has 2 amide bonds. The summed E-state index contributed by atoms with van der Waals surface area (Å²) in [6, 6.07) is 9.67. The Balaban J connectivity index is 2.51. The van der Waals surface area contributed by atoms with Gasteiger partial charge in [-0.2, -0.15) is 0 Å². The van der Waals surface area contributed by atoms with Crippen LogP contribution in [0.1, 0.15) is 25.8 Å². The first-order valence-corrected chi connectivity index (χ1v) is 7.86. The third-order valence-corrected chi connectivity index (χ3v) is 3.68. The summed E-state index contributed by atoms with van der Waals surface area (Å²) < 4.78 is 31.3. The summed E-state index contributed by atoms with van der Waals surface area (Å²) in [4.78, 5) is 22.5. The van der Waals surface area contributed by atoms with Crippen molar-refractivity contribution >= 4 is 12.2 Å². The molecule has 0 spiro atoms. The van der Waals surface area contributed by atoms with Gasteiger partial charge in [-0.1, -0.05) is 30.3 Å². The number of halogens is 2. The van der Waals surface area contributed by atoms with Crippen molar-refractivity contribution in [3.63, 3.8) is 0 Å². The highest BCUT2D eigenvalue weighted by Crippen LogP contribution is 2.18. The Morgan fingerprint density at radius 1 is 1.16 bits per heavy atom. The van der Waals surface area contributed by atoms with Crippen molar-refractivity contribution in [3.05, 3.63) is 35.9 Å². The van der Waals surface area contributed by atoms with Crippen LogP contribution in [0.4, 0.5) is 18.4 Å². The van der Waals surface area contributed by atoms with Gasteiger partial charge in [0.1, 0.15) is 24.5 Å². The van der Waals surface area contributed by atoms with Gasteiger partial charge in [-0.3, -0.25) is 0 Å². The quantitative estimate of drug-likeness (QED) is 0.633. The number of alkyl halides is 2. The van der Waals surface area contributed by atoms with Crippen LogP contribution in [0.15, 0.2) is 30.3 Å². The highest BCUT2D eigenvalue weighted by atomic mass is 19.1. The Labute approximate surface area is 145 Å². The molecule has 0 bridgehead atoms. The molecule has 0 aliphatic carbocycles. The molecule has 0 radical (unpaired) electrons. The monoisotopic (exact) mass is 358 g/mol. The SMILES string of the molecule is CC(C)(CCc1ccccc1)OC(=O)NCC(CF)(CF)NC(=O)O. The van der Waals surface area contributed by atoms with E-state index in [-0.39, 0.29) is 0 Å². The van der Waals surface area contributed by atoms with E-state index in [1.807, 2.05) is 30.3 Å². The van der Waals surface area contributed by atoms with Crippen LogP contribution in [0.25, 0.3) is 0 Å². The predicted octanol–water partition coefficient (Wildman–Crippen LogP) is 3.07. The number of nitrogens with one attached hydrogen (secondary N) is 2. The zero-order valence-corrected chi connectivity index (χ0v) is 14.4. The Bertz CT molecular complexity index is 563. The molecule has 6 nitrogen and oxygen atoms in total. The van der Waals surface area contributed by atoms with Gasteiger partial charge in [0.25, 0.3) is 0 Å². The standard InChI is InChI=1S/C17H24F2N2O4/c1-16(2,9-8-13-6-4-3-5-7-13)25-15(24)20-12-17(10-18,11-19)21-14(22)23/h3-7,21H,8-12H2,1-2H3,(H,20,24)(H,22,23). The van der Waals surface area contributed by atoms with Crippen molar-refractivity contribution in [2.45, 2.75) is 37.8 Å². The number of benzene rings is 1. The third kappa shape index (κ3) is 7.36. The molecule has 1 aromatic carbocycles. The van der Waals surface area contributed by atoms with Crippen LogP contribution in [0, 0.1) is 0 Å². The van der Waals surface area contributed by atoms with Crippen LogP contribution in [0.2, 0.25) is 0 Å². The minimum Gasteiger partial charge on any atom is -0.465 e. The minimum atomic E-state index is -2.01. The lowest BCUT2D eigenvalue weighted by molar-refractivity contribution is 0.0306. The maximum atomic E-state index is 13.0. The van der Waals surface area contributed by atoms with Crippen LogP contribution < -0.4 is 10.6 Å². The molecule has 0 saturated carbocycles. The van der Waals surface area contributed by atoms with Gasteiger partial charge in [-0.15, -0.1) is 0 Å². The molecular formula is C17H24F2N2O4. The van der Waals surface area contributed by atoms with E-state index in [9.17, 15) is 18.4 Å². The summed E-state index contributed by atoms with van der Waals surface area (Å²) in [7, 11) is 0. The number of hydrogen-bond donors (Lipinski definition) is 3. The Hall–Kier alpha value is -2.38. The molecule has 0 heterocycles. The van der Waals surface area contributed by atoms with Crippen molar-refractivity contribution in [1.29, 1.82) is 0 Å². The first-order chi connectivity index (χ1) is 11.7. The Kier molecular flexibility index (Phi) is 7.60. The Morgan fingerprint density at radius 2 is 1.76 bits per heavy atom. The number of carbonyl (C=O) groups is 2. The van der Waals surface area contributed by atoms with E-state index in [0.717, 1.165) is 5.56 Å². The van der Waals surface area contributed by atoms with Crippen LogP contribution in [-0.4, -0.2) is 48.3 Å². The maximum absolute atomic E-state index is 13.0. The number of carboxylic acid groups (broad SMARTS) is 1. The molecule has 1 rings (SSSR count). The summed E-state index contributed by atoms with van der Waals surface area (Å²) in [5.74, 6) is 0. The number of alkyl carbamates (subject to hydrolysis) is 1. The number of carbonyl (C=O) groups excluding carboxylic acids is 1. The summed E-state index contributed by atoms with van der Waals surface area (Å²) in [5, 5.41) is 12.6. The summed E-state index contributed by atoms with van der Waals surface area (Å²) in [6.07, 6.45) is -1.19. The molecule has 0 fully saturated rings. The maximum Gasteiger partial charge on any atom is 0.407 e. The third-order valence-electron chi connectivity index (χ3n) is 3.68. The smallest absolute Gasteiger partial charge is 0.407 e. The zero-order chi connectivity index (χ0) is 18.9. The van der Waals surface area contributed by atoms with Gasteiger partial charge >= 0.3 is 12.2 Å². The lowest BCUT2D eigenvalue weighted by atomic mass is 9.98. The molecule has 0 unspecified atom stereocenters. The topological polar surface area (TPSA) is 87.7 Å². The van der Waals surface area contributed by atoms with E-state index in [4.69, 9.17) is 9.84 Å². The fourth-order valence-corrected chi connectivity index (χ4v) is 2.14. The summed E-state index contributed by atoms with van der Waals surface area (Å²) in [5.41, 5.74) is -1.72. The van der Waals surface area contributed by atoms with Gasteiger partial charge in [0.2, 0.25) is 0 Å². The summed E-state index contributed by atoms with van der Waals surface area (Å²) in [6.45, 7) is 0.298. The van der Waals surface area contributed by atoms with E-state index < -0.39 is 43.2 Å².